The van der Waals surface area contributed by atoms with Crippen molar-refractivity contribution >= 4 is 11.6 Å². The number of para-hydroxylation sites is 1. The molecule has 0 aliphatic rings. The molecule has 2 rings (SSSR count). The SMILES string of the molecule is COc1cc(C[C@@H](C#N)C(=O)Nc2ccccc2)ccc1O. The Morgan fingerprint density at radius 3 is 2.68 bits per heavy atom. The minimum atomic E-state index is -0.825. The Bertz CT molecular complexity index is 693. The normalized spacial score (nSPS) is 11.3. The van der Waals surface area contributed by atoms with Gasteiger partial charge in [-0.2, -0.15) is 5.26 Å². The molecule has 0 radical (unpaired) electrons. The molecule has 0 bridgehead atoms. The first kappa shape index (κ1) is 15.4. The van der Waals surface area contributed by atoms with Gasteiger partial charge in [-0.25, -0.2) is 0 Å². The summed E-state index contributed by atoms with van der Waals surface area (Å²) in [7, 11) is 1.45. The fourth-order valence-corrected chi connectivity index (χ4v) is 2.03. The van der Waals surface area contributed by atoms with E-state index in [0.29, 0.717) is 11.4 Å². The highest BCUT2D eigenvalue weighted by atomic mass is 16.5. The summed E-state index contributed by atoms with van der Waals surface area (Å²) in [4.78, 5) is 12.2. The van der Waals surface area contributed by atoms with Crippen molar-refractivity contribution in [3.8, 4) is 17.6 Å². The van der Waals surface area contributed by atoms with Crippen molar-refractivity contribution < 1.29 is 14.6 Å². The van der Waals surface area contributed by atoms with Gasteiger partial charge in [-0.1, -0.05) is 24.3 Å². The fourth-order valence-electron chi connectivity index (χ4n) is 2.03. The van der Waals surface area contributed by atoms with Gasteiger partial charge < -0.3 is 15.2 Å². The summed E-state index contributed by atoms with van der Waals surface area (Å²) < 4.78 is 5.02. The molecule has 2 aromatic rings. The van der Waals surface area contributed by atoms with E-state index in [2.05, 4.69) is 5.32 Å². The quantitative estimate of drug-likeness (QED) is 0.888. The van der Waals surface area contributed by atoms with Crippen molar-refractivity contribution in [3.63, 3.8) is 0 Å². The molecule has 5 heteroatoms. The third kappa shape index (κ3) is 3.76. The van der Waals surface area contributed by atoms with Gasteiger partial charge >= 0.3 is 0 Å². The molecular formula is C17H16N2O3. The van der Waals surface area contributed by atoms with E-state index in [4.69, 9.17) is 4.74 Å². The molecule has 0 unspecified atom stereocenters. The molecule has 2 N–H and O–H groups in total. The van der Waals surface area contributed by atoms with Crippen LogP contribution >= 0.6 is 0 Å². The number of nitrogens with zero attached hydrogens (tertiary/aromatic N) is 1. The predicted octanol–water partition coefficient (Wildman–Crippen LogP) is 2.72. The van der Waals surface area contributed by atoms with Gasteiger partial charge in [-0.15, -0.1) is 0 Å². The number of hydrogen-bond donors (Lipinski definition) is 2. The molecule has 5 nitrogen and oxygen atoms in total. The first-order valence-corrected chi connectivity index (χ1v) is 6.75. The van der Waals surface area contributed by atoms with E-state index in [-0.39, 0.29) is 18.1 Å². The van der Waals surface area contributed by atoms with Crippen LogP contribution < -0.4 is 10.1 Å². The average molecular weight is 296 g/mol. The maximum absolute atomic E-state index is 12.2. The van der Waals surface area contributed by atoms with Crippen LogP contribution in [0.25, 0.3) is 0 Å². The van der Waals surface area contributed by atoms with Gasteiger partial charge in [0, 0.05) is 5.69 Å². The number of nitrogens with one attached hydrogen (secondary N) is 1. The number of ether oxygens (including phenoxy) is 1. The zero-order valence-corrected chi connectivity index (χ0v) is 12.1. The smallest absolute Gasteiger partial charge is 0.242 e. The molecule has 2 aromatic carbocycles. The minimum Gasteiger partial charge on any atom is -0.504 e. The lowest BCUT2D eigenvalue weighted by atomic mass is 9.99. The van der Waals surface area contributed by atoms with Crippen molar-refractivity contribution in [2.45, 2.75) is 6.42 Å². The van der Waals surface area contributed by atoms with E-state index >= 15 is 0 Å². The van der Waals surface area contributed by atoms with Gasteiger partial charge in [0.05, 0.1) is 13.2 Å². The van der Waals surface area contributed by atoms with Gasteiger partial charge in [-0.05, 0) is 36.2 Å². The van der Waals surface area contributed by atoms with E-state index in [9.17, 15) is 15.2 Å². The van der Waals surface area contributed by atoms with E-state index < -0.39 is 5.92 Å². The molecular weight excluding hydrogens is 280 g/mol. The number of rotatable bonds is 5. The van der Waals surface area contributed by atoms with Crippen LogP contribution in [-0.4, -0.2) is 18.1 Å². The molecule has 0 aliphatic heterocycles. The lowest BCUT2D eigenvalue weighted by molar-refractivity contribution is -0.118. The number of hydrogen-bond acceptors (Lipinski definition) is 4. The zero-order chi connectivity index (χ0) is 15.9. The van der Waals surface area contributed by atoms with Gasteiger partial charge in [0.25, 0.3) is 0 Å². The highest BCUT2D eigenvalue weighted by Crippen LogP contribution is 2.27. The Kier molecular flexibility index (Phi) is 4.99. The number of anilines is 1. The number of carbonyl (C=O) groups excluding carboxylic acids is 1. The molecule has 0 aliphatic carbocycles. The summed E-state index contributed by atoms with van der Waals surface area (Å²) in [6.45, 7) is 0. The molecule has 112 valence electrons. The van der Waals surface area contributed by atoms with Crippen LogP contribution in [0.1, 0.15) is 5.56 Å². The van der Waals surface area contributed by atoms with Crippen LogP contribution in [0, 0.1) is 17.2 Å². The largest absolute Gasteiger partial charge is 0.504 e. The second kappa shape index (κ2) is 7.14. The first-order valence-electron chi connectivity index (χ1n) is 6.75. The predicted molar refractivity (Wildman–Crippen MR) is 82.5 cm³/mol. The van der Waals surface area contributed by atoms with Crippen LogP contribution in [0.5, 0.6) is 11.5 Å². The van der Waals surface area contributed by atoms with Crippen LogP contribution in [0.15, 0.2) is 48.5 Å². The Labute approximate surface area is 128 Å². The van der Waals surface area contributed by atoms with Gasteiger partial charge in [0.15, 0.2) is 11.5 Å². The van der Waals surface area contributed by atoms with E-state index in [0.717, 1.165) is 5.56 Å². The third-order valence-electron chi connectivity index (χ3n) is 3.20. The molecule has 1 atom stereocenters. The first-order chi connectivity index (χ1) is 10.6. The summed E-state index contributed by atoms with van der Waals surface area (Å²) in [5.74, 6) is -0.846. The Morgan fingerprint density at radius 2 is 2.05 bits per heavy atom. The highest BCUT2D eigenvalue weighted by Gasteiger charge is 2.19. The van der Waals surface area contributed by atoms with Gasteiger partial charge in [0.1, 0.15) is 5.92 Å². The monoisotopic (exact) mass is 296 g/mol. The van der Waals surface area contributed by atoms with E-state index in [1.807, 2.05) is 24.3 Å². The van der Waals surface area contributed by atoms with Crippen LogP contribution in [0.3, 0.4) is 0 Å². The third-order valence-corrected chi connectivity index (χ3v) is 3.20. The fraction of sp³-hybridized carbons (Fsp3) is 0.176. The summed E-state index contributed by atoms with van der Waals surface area (Å²) in [5, 5.41) is 21.5. The van der Waals surface area contributed by atoms with Crippen LogP contribution in [0.2, 0.25) is 0 Å². The number of aromatic hydroxyl groups is 1. The van der Waals surface area contributed by atoms with Crippen molar-refractivity contribution in [2.75, 3.05) is 12.4 Å². The molecule has 22 heavy (non-hydrogen) atoms. The number of amides is 1. The maximum Gasteiger partial charge on any atom is 0.242 e. The van der Waals surface area contributed by atoms with E-state index in [1.54, 1.807) is 24.3 Å². The number of carbonyl (C=O) groups is 1. The molecule has 0 saturated carbocycles. The standard InChI is InChI=1S/C17H16N2O3/c1-22-16-10-12(7-8-15(16)20)9-13(11-18)17(21)19-14-5-3-2-4-6-14/h2-8,10,13,20H,9H2,1H3,(H,19,21)/t13-/m0/s1. The summed E-state index contributed by atoms with van der Waals surface area (Å²) in [6, 6.07) is 15.8. The van der Waals surface area contributed by atoms with Crippen LogP contribution in [-0.2, 0) is 11.2 Å². The van der Waals surface area contributed by atoms with Crippen LogP contribution in [0.4, 0.5) is 5.69 Å². The molecule has 0 saturated heterocycles. The Balaban J connectivity index is 2.09. The Morgan fingerprint density at radius 1 is 1.32 bits per heavy atom. The minimum absolute atomic E-state index is 0.0218. The molecule has 0 aromatic heterocycles. The number of benzene rings is 2. The maximum atomic E-state index is 12.2. The van der Waals surface area contributed by atoms with Gasteiger partial charge in [0.2, 0.25) is 5.91 Å². The van der Waals surface area contributed by atoms with E-state index in [1.165, 1.54) is 13.2 Å². The summed E-state index contributed by atoms with van der Waals surface area (Å²) >= 11 is 0. The van der Waals surface area contributed by atoms with Crippen molar-refractivity contribution in [1.29, 1.82) is 5.26 Å². The lowest BCUT2D eigenvalue weighted by Crippen LogP contribution is -2.23. The lowest BCUT2D eigenvalue weighted by Gasteiger charge is -2.11. The number of nitriles is 1. The number of methoxy groups -OCH3 is 1. The van der Waals surface area contributed by atoms with Gasteiger partial charge in [-0.3, -0.25) is 4.79 Å². The van der Waals surface area contributed by atoms with Crippen molar-refractivity contribution in [3.05, 3.63) is 54.1 Å². The summed E-state index contributed by atoms with van der Waals surface area (Å²) in [5.41, 5.74) is 1.39. The van der Waals surface area contributed by atoms with Crippen molar-refractivity contribution in [2.24, 2.45) is 5.92 Å². The average Bonchev–Trinajstić information content (AvgIpc) is 2.54. The second-order valence-corrected chi connectivity index (χ2v) is 4.75. The molecule has 1 amide bonds. The Hall–Kier alpha value is -3.00. The summed E-state index contributed by atoms with van der Waals surface area (Å²) in [6.07, 6.45) is 0.242. The molecule has 0 heterocycles. The van der Waals surface area contributed by atoms with Crippen molar-refractivity contribution in [1.82, 2.24) is 0 Å². The second-order valence-electron chi connectivity index (χ2n) is 4.75. The molecule has 0 fully saturated rings. The molecule has 0 spiro atoms. The topological polar surface area (TPSA) is 82.3 Å². The zero-order valence-electron chi connectivity index (χ0n) is 12.1. The number of phenolic OH excluding ortho intramolecular Hbond substituents is 1. The number of phenols is 1. The highest BCUT2D eigenvalue weighted by molar-refractivity contribution is 5.94.